The summed E-state index contributed by atoms with van der Waals surface area (Å²) in [4.78, 5) is 14.2. The summed E-state index contributed by atoms with van der Waals surface area (Å²) in [5.41, 5.74) is 3.16. The molecule has 2 rings (SSSR count). The third-order valence-corrected chi connectivity index (χ3v) is 2.86. The minimum atomic E-state index is -0.983. The first-order chi connectivity index (χ1) is 7.54. The van der Waals surface area contributed by atoms with Crippen LogP contribution in [0.4, 0.5) is 0 Å². The number of fused-ring (bicyclic) bond motifs is 1. The number of H-pyrrole nitrogens is 1. The summed E-state index contributed by atoms with van der Waals surface area (Å²) in [5.74, 6) is -0.592. The van der Waals surface area contributed by atoms with Gasteiger partial charge in [-0.2, -0.15) is 0 Å². The minimum Gasteiger partial charge on any atom is -0.496 e. The molecule has 0 saturated heterocycles. The van der Waals surface area contributed by atoms with Crippen LogP contribution >= 0.6 is 0 Å². The fraction of sp³-hybridized carbons (Fsp3) is 0.250. The fourth-order valence-electron chi connectivity index (χ4n) is 1.83. The van der Waals surface area contributed by atoms with Gasteiger partial charge >= 0.3 is 5.97 Å². The summed E-state index contributed by atoms with van der Waals surface area (Å²) >= 11 is 0. The number of nitrogens with one attached hydrogen (secondary N) is 1. The van der Waals surface area contributed by atoms with Gasteiger partial charge in [-0.25, -0.2) is 4.79 Å². The van der Waals surface area contributed by atoms with E-state index in [9.17, 15) is 4.79 Å². The van der Waals surface area contributed by atoms with Crippen molar-refractivity contribution in [3.8, 4) is 5.75 Å². The van der Waals surface area contributed by atoms with Crippen molar-refractivity contribution in [1.82, 2.24) is 4.98 Å². The van der Waals surface area contributed by atoms with E-state index in [1.165, 1.54) is 7.11 Å². The van der Waals surface area contributed by atoms with Crippen LogP contribution in [0.2, 0.25) is 0 Å². The van der Waals surface area contributed by atoms with Crippen molar-refractivity contribution in [2.45, 2.75) is 13.8 Å². The highest BCUT2D eigenvalue weighted by atomic mass is 16.5. The lowest BCUT2D eigenvalue weighted by Gasteiger charge is -2.05. The van der Waals surface area contributed by atoms with E-state index in [2.05, 4.69) is 4.98 Å². The summed E-state index contributed by atoms with van der Waals surface area (Å²) < 4.78 is 5.08. The number of carbonyl (C=O) groups is 1. The monoisotopic (exact) mass is 219 g/mol. The number of benzene rings is 1. The van der Waals surface area contributed by atoms with Crippen molar-refractivity contribution in [2.75, 3.05) is 7.11 Å². The van der Waals surface area contributed by atoms with Gasteiger partial charge in [-0.3, -0.25) is 0 Å². The molecule has 0 saturated carbocycles. The molecule has 16 heavy (non-hydrogen) atoms. The molecule has 0 radical (unpaired) electrons. The Morgan fingerprint density at radius 1 is 1.38 bits per heavy atom. The second-order valence-electron chi connectivity index (χ2n) is 3.78. The summed E-state index contributed by atoms with van der Waals surface area (Å²) in [6.07, 6.45) is 0. The van der Waals surface area contributed by atoms with E-state index in [1.807, 2.05) is 13.8 Å². The number of aromatic nitrogens is 1. The number of hydrogen-bond donors (Lipinski definition) is 2. The van der Waals surface area contributed by atoms with Crippen molar-refractivity contribution in [3.05, 3.63) is 29.0 Å². The number of rotatable bonds is 2. The first-order valence-electron chi connectivity index (χ1n) is 4.94. The molecule has 0 atom stereocenters. The number of ether oxygens (including phenoxy) is 1. The SMILES string of the molecule is COc1cc2c(C)c(C)[nH]c2cc1C(=O)O. The van der Waals surface area contributed by atoms with Crippen molar-refractivity contribution < 1.29 is 14.6 Å². The molecule has 1 aromatic carbocycles. The molecule has 0 unspecified atom stereocenters. The normalized spacial score (nSPS) is 10.7. The Hall–Kier alpha value is -1.97. The van der Waals surface area contributed by atoms with Gasteiger partial charge in [0.25, 0.3) is 0 Å². The number of carboxylic acid groups (broad SMARTS) is 1. The lowest BCUT2D eigenvalue weighted by Crippen LogP contribution is -2.00. The van der Waals surface area contributed by atoms with Gasteiger partial charge in [-0.05, 0) is 31.5 Å². The zero-order valence-electron chi connectivity index (χ0n) is 9.42. The molecule has 2 aromatic rings. The first-order valence-corrected chi connectivity index (χ1v) is 4.94. The van der Waals surface area contributed by atoms with E-state index in [0.29, 0.717) is 5.75 Å². The van der Waals surface area contributed by atoms with Crippen molar-refractivity contribution in [1.29, 1.82) is 0 Å². The molecule has 4 nitrogen and oxygen atoms in total. The highest BCUT2D eigenvalue weighted by Crippen LogP contribution is 2.29. The van der Waals surface area contributed by atoms with Crippen molar-refractivity contribution >= 4 is 16.9 Å². The fourth-order valence-corrected chi connectivity index (χ4v) is 1.83. The van der Waals surface area contributed by atoms with E-state index >= 15 is 0 Å². The molecule has 0 aliphatic heterocycles. The van der Waals surface area contributed by atoms with Crippen LogP contribution in [0.5, 0.6) is 5.75 Å². The second-order valence-corrected chi connectivity index (χ2v) is 3.78. The van der Waals surface area contributed by atoms with Crippen LogP contribution in [0.15, 0.2) is 12.1 Å². The van der Waals surface area contributed by atoms with Gasteiger partial charge in [0.15, 0.2) is 0 Å². The van der Waals surface area contributed by atoms with Crippen LogP contribution in [0.3, 0.4) is 0 Å². The maximum Gasteiger partial charge on any atom is 0.339 e. The van der Waals surface area contributed by atoms with Gasteiger partial charge in [-0.15, -0.1) is 0 Å². The standard InChI is InChI=1S/C12H13NO3/c1-6-7(2)13-10-4-9(12(14)15)11(16-3)5-8(6)10/h4-5,13H,1-3H3,(H,14,15). The summed E-state index contributed by atoms with van der Waals surface area (Å²) in [6.45, 7) is 3.95. The van der Waals surface area contributed by atoms with Gasteiger partial charge in [0.05, 0.1) is 7.11 Å². The number of aromatic carboxylic acids is 1. The Kier molecular flexibility index (Phi) is 2.34. The Bertz CT molecular complexity index is 569. The molecule has 2 N–H and O–H groups in total. The minimum absolute atomic E-state index is 0.177. The van der Waals surface area contributed by atoms with E-state index in [-0.39, 0.29) is 5.56 Å². The van der Waals surface area contributed by atoms with Gasteiger partial charge in [-0.1, -0.05) is 0 Å². The van der Waals surface area contributed by atoms with Crippen LogP contribution in [0, 0.1) is 13.8 Å². The molecule has 0 aliphatic rings. The van der Waals surface area contributed by atoms with Crippen molar-refractivity contribution in [3.63, 3.8) is 0 Å². The Morgan fingerprint density at radius 3 is 2.62 bits per heavy atom. The van der Waals surface area contributed by atoms with Crippen LogP contribution in [0.1, 0.15) is 21.6 Å². The van der Waals surface area contributed by atoms with Gasteiger partial charge < -0.3 is 14.8 Å². The number of aryl methyl sites for hydroxylation is 2. The predicted molar refractivity (Wildman–Crippen MR) is 61.3 cm³/mol. The molecule has 0 fully saturated rings. The topological polar surface area (TPSA) is 62.3 Å². The molecule has 84 valence electrons. The van der Waals surface area contributed by atoms with Crippen LogP contribution < -0.4 is 4.74 Å². The lowest BCUT2D eigenvalue weighted by atomic mass is 10.1. The zero-order valence-corrected chi connectivity index (χ0v) is 9.42. The average Bonchev–Trinajstić information content (AvgIpc) is 2.53. The van der Waals surface area contributed by atoms with Gasteiger partial charge in [0.2, 0.25) is 0 Å². The maximum atomic E-state index is 11.0. The molecule has 1 heterocycles. The van der Waals surface area contributed by atoms with Gasteiger partial charge in [0.1, 0.15) is 11.3 Å². The molecule has 0 spiro atoms. The smallest absolute Gasteiger partial charge is 0.339 e. The number of hydrogen-bond acceptors (Lipinski definition) is 2. The van der Waals surface area contributed by atoms with E-state index < -0.39 is 5.97 Å². The molecule has 0 amide bonds. The summed E-state index contributed by atoms with van der Waals surface area (Å²) in [5, 5.41) is 10.0. The number of carboxylic acids is 1. The highest BCUT2D eigenvalue weighted by molar-refractivity contribution is 5.98. The third-order valence-electron chi connectivity index (χ3n) is 2.86. The Balaban J connectivity index is 2.80. The Labute approximate surface area is 92.9 Å². The molecule has 0 bridgehead atoms. The number of methoxy groups -OCH3 is 1. The van der Waals surface area contributed by atoms with Crippen LogP contribution in [0.25, 0.3) is 10.9 Å². The molecule has 4 heteroatoms. The maximum absolute atomic E-state index is 11.0. The molecule has 1 aromatic heterocycles. The number of aromatic amines is 1. The van der Waals surface area contributed by atoms with E-state index in [4.69, 9.17) is 9.84 Å². The predicted octanol–water partition coefficient (Wildman–Crippen LogP) is 2.49. The largest absolute Gasteiger partial charge is 0.496 e. The van der Waals surface area contributed by atoms with Crippen LogP contribution in [-0.4, -0.2) is 23.2 Å². The lowest BCUT2D eigenvalue weighted by molar-refractivity contribution is 0.0693. The highest BCUT2D eigenvalue weighted by Gasteiger charge is 2.14. The first kappa shape index (κ1) is 10.5. The molecular weight excluding hydrogens is 206 g/mol. The Morgan fingerprint density at radius 2 is 2.06 bits per heavy atom. The quantitative estimate of drug-likeness (QED) is 0.815. The molecular formula is C12H13NO3. The van der Waals surface area contributed by atoms with Crippen LogP contribution in [-0.2, 0) is 0 Å². The second kappa shape index (κ2) is 3.56. The summed E-state index contributed by atoms with van der Waals surface area (Å²) in [7, 11) is 1.47. The molecule has 0 aliphatic carbocycles. The average molecular weight is 219 g/mol. The zero-order chi connectivity index (χ0) is 11.9. The summed E-state index contributed by atoms with van der Waals surface area (Å²) in [6, 6.07) is 3.37. The third kappa shape index (κ3) is 1.43. The van der Waals surface area contributed by atoms with E-state index in [1.54, 1.807) is 12.1 Å². The van der Waals surface area contributed by atoms with Crippen molar-refractivity contribution in [2.24, 2.45) is 0 Å². The van der Waals surface area contributed by atoms with Gasteiger partial charge in [0, 0.05) is 16.6 Å². The van der Waals surface area contributed by atoms with E-state index in [0.717, 1.165) is 22.2 Å².